The maximum atomic E-state index is 14.2. The van der Waals surface area contributed by atoms with E-state index in [1.165, 1.54) is 43.3 Å². The molecule has 6 aromatic carbocycles. The van der Waals surface area contributed by atoms with Crippen LogP contribution in [0, 0.1) is 0 Å². The van der Waals surface area contributed by atoms with Gasteiger partial charge in [0.2, 0.25) is 5.91 Å². The van der Waals surface area contributed by atoms with Crippen LogP contribution in [0.2, 0.25) is 0 Å². The minimum absolute atomic E-state index is 0.0392. The second kappa shape index (κ2) is 25.0. The van der Waals surface area contributed by atoms with E-state index in [9.17, 15) is 29.1 Å². The molecule has 16 nitrogen and oxygen atoms in total. The highest BCUT2D eigenvalue weighted by atomic mass is 16.7. The summed E-state index contributed by atoms with van der Waals surface area (Å²) in [6.45, 7) is 0.318. The summed E-state index contributed by atoms with van der Waals surface area (Å²) in [5, 5.41) is 14.4. The van der Waals surface area contributed by atoms with Crippen molar-refractivity contribution in [3.05, 3.63) is 215 Å². The number of aliphatic hydroxyl groups is 1. The zero-order chi connectivity index (χ0) is 50.2. The average Bonchev–Trinajstić information content (AvgIpc) is 3.42. The predicted octanol–water partition coefficient (Wildman–Crippen LogP) is 6.65. The van der Waals surface area contributed by atoms with Crippen LogP contribution < -0.4 is 5.32 Å². The molecule has 72 heavy (non-hydrogen) atoms. The van der Waals surface area contributed by atoms with E-state index in [-0.39, 0.29) is 35.5 Å². The van der Waals surface area contributed by atoms with Gasteiger partial charge in [0.15, 0.2) is 30.9 Å². The summed E-state index contributed by atoms with van der Waals surface area (Å²) in [5.74, 6) is -3.86. The van der Waals surface area contributed by atoms with Gasteiger partial charge in [-0.05, 0) is 59.7 Å². The number of nitrogens with one attached hydrogen (secondary N) is 1. The normalized spacial score (nSPS) is 23.7. The van der Waals surface area contributed by atoms with E-state index >= 15 is 0 Å². The molecule has 0 aliphatic carbocycles. The van der Waals surface area contributed by atoms with Gasteiger partial charge >= 0.3 is 23.9 Å². The maximum absolute atomic E-state index is 14.2. The highest BCUT2D eigenvalue weighted by Crippen LogP contribution is 2.34. The topological polar surface area (TPSA) is 201 Å². The molecule has 10 atom stereocenters. The Labute approximate surface area is 415 Å². The van der Waals surface area contributed by atoms with Gasteiger partial charge in [0.1, 0.15) is 37.1 Å². The van der Waals surface area contributed by atoms with Gasteiger partial charge < -0.3 is 53.1 Å². The number of ether oxygens (including phenoxy) is 9. The van der Waals surface area contributed by atoms with Crippen LogP contribution in [0.3, 0.4) is 0 Å². The van der Waals surface area contributed by atoms with Crippen molar-refractivity contribution in [2.75, 3.05) is 13.2 Å². The van der Waals surface area contributed by atoms with E-state index < -0.39 is 104 Å². The minimum atomic E-state index is -1.71. The number of hydrogen-bond acceptors (Lipinski definition) is 15. The van der Waals surface area contributed by atoms with E-state index in [4.69, 9.17) is 42.6 Å². The van der Waals surface area contributed by atoms with Crippen molar-refractivity contribution >= 4 is 29.8 Å². The smallest absolute Gasteiger partial charge is 0.338 e. The number of benzene rings is 6. The van der Waals surface area contributed by atoms with Crippen LogP contribution >= 0.6 is 0 Å². The molecule has 0 bridgehead atoms. The quantitative estimate of drug-likeness (QED) is 0.0645. The van der Waals surface area contributed by atoms with Crippen molar-refractivity contribution in [2.24, 2.45) is 0 Å². The zero-order valence-corrected chi connectivity index (χ0v) is 39.1. The lowest BCUT2D eigenvalue weighted by Crippen LogP contribution is -2.66. The second-order valence-electron chi connectivity index (χ2n) is 16.9. The summed E-state index contributed by atoms with van der Waals surface area (Å²) in [6, 6.07) is 49.5. The van der Waals surface area contributed by atoms with Crippen molar-refractivity contribution in [1.82, 2.24) is 5.32 Å². The molecule has 0 unspecified atom stereocenters. The maximum Gasteiger partial charge on any atom is 0.338 e. The van der Waals surface area contributed by atoms with Crippen molar-refractivity contribution in [3.8, 4) is 0 Å². The SMILES string of the molecule is CC(=O)N[C@@H]1[C@@H](OCc2ccccc2)[C@H](OCc2ccccc2)[C@@H](CO[C@@H]2O[C@H](COC(=O)c3ccccc3)[C@@H](OC(=O)c3ccccc3)[C@H](OC(=O)c3ccccc3)[C@H]2OC(=O)c2ccccc2)O[C@@H]1O. The second-order valence-corrected chi connectivity index (χ2v) is 16.9. The fraction of sp³-hybridized carbons (Fsp3) is 0.268. The average molecular weight is 980 g/mol. The van der Waals surface area contributed by atoms with Crippen LogP contribution in [0.1, 0.15) is 59.5 Å². The monoisotopic (exact) mass is 979 g/mol. The van der Waals surface area contributed by atoms with Crippen LogP contribution in [-0.2, 0) is 60.6 Å². The van der Waals surface area contributed by atoms with E-state index in [1.807, 2.05) is 60.7 Å². The third-order valence-electron chi connectivity index (χ3n) is 11.8. The summed E-state index contributed by atoms with van der Waals surface area (Å²) in [6.07, 6.45) is -13.2. The van der Waals surface area contributed by atoms with Gasteiger partial charge in [0.25, 0.3) is 0 Å². The molecule has 2 aliphatic rings. The number of hydrogen-bond donors (Lipinski definition) is 2. The number of carbonyl (C=O) groups is 5. The van der Waals surface area contributed by atoms with Gasteiger partial charge in [-0.15, -0.1) is 0 Å². The number of carbonyl (C=O) groups excluding carboxylic acids is 5. The first kappa shape index (κ1) is 50.8. The van der Waals surface area contributed by atoms with Crippen LogP contribution in [0.5, 0.6) is 0 Å². The van der Waals surface area contributed by atoms with E-state index in [2.05, 4.69) is 5.32 Å². The van der Waals surface area contributed by atoms with Crippen molar-refractivity contribution < 1.29 is 71.7 Å². The number of amides is 1. The molecule has 2 saturated heterocycles. The fourth-order valence-electron chi connectivity index (χ4n) is 8.23. The van der Waals surface area contributed by atoms with Crippen LogP contribution in [0.25, 0.3) is 0 Å². The molecule has 0 spiro atoms. The minimum Gasteiger partial charge on any atom is -0.459 e. The number of aliphatic hydroxyl groups excluding tert-OH is 1. The highest BCUT2D eigenvalue weighted by molar-refractivity contribution is 5.91. The Balaban J connectivity index is 1.18. The van der Waals surface area contributed by atoms with Crippen molar-refractivity contribution in [2.45, 2.75) is 81.5 Å². The lowest BCUT2D eigenvalue weighted by molar-refractivity contribution is -0.320. The lowest BCUT2D eigenvalue weighted by atomic mass is 9.95. The number of rotatable bonds is 19. The molecule has 2 N–H and O–H groups in total. The Morgan fingerprint density at radius 1 is 0.444 bits per heavy atom. The van der Waals surface area contributed by atoms with Gasteiger partial charge in [-0.25, -0.2) is 19.2 Å². The first-order valence-electron chi connectivity index (χ1n) is 23.3. The van der Waals surface area contributed by atoms with Gasteiger partial charge in [0.05, 0.1) is 42.1 Å². The summed E-state index contributed by atoms with van der Waals surface area (Å²) in [4.78, 5) is 68.5. The number of esters is 4. The third-order valence-corrected chi connectivity index (χ3v) is 11.8. The molecular weight excluding hydrogens is 927 g/mol. The lowest BCUT2D eigenvalue weighted by Gasteiger charge is -2.46. The van der Waals surface area contributed by atoms with Crippen LogP contribution in [0.15, 0.2) is 182 Å². The molecule has 2 fully saturated rings. The Morgan fingerprint density at radius 2 is 0.833 bits per heavy atom. The highest BCUT2D eigenvalue weighted by Gasteiger charge is 2.55. The van der Waals surface area contributed by atoms with Gasteiger partial charge in [-0.3, -0.25) is 4.79 Å². The Hall–Kier alpha value is -7.57. The van der Waals surface area contributed by atoms with Crippen LogP contribution in [0.4, 0.5) is 0 Å². The molecule has 16 heteroatoms. The van der Waals surface area contributed by atoms with Gasteiger partial charge in [0, 0.05) is 6.92 Å². The van der Waals surface area contributed by atoms with Gasteiger partial charge in [-0.1, -0.05) is 133 Å². The predicted molar refractivity (Wildman–Crippen MR) is 257 cm³/mol. The summed E-state index contributed by atoms with van der Waals surface area (Å²) < 4.78 is 56.8. The summed E-state index contributed by atoms with van der Waals surface area (Å²) in [5.41, 5.74) is 2.13. The largest absolute Gasteiger partial charge is 0.459 e. The molecule has 8 rings (SSSR count). The first-order chi connectivity index (χ1) is 35.1. The molecule has 372 valence electrons. The molecule has 0 radical (unpaired) electrons. The first-order valence-corrected chi connectivity index (χ1v) is 23.3. The molecule has 6 aromatic rings. The third kappa shape index (κ3) is 13.4. The van der Waals surface area contributed by atoms with E-state index in [0.717, 1.165) is 11.1 Å². The molecule has 2 aliphatic heterocycles. The van der Waals surface area contributed by atoms with E-state index in [1.54, 1.807) is 84.9 Å². The zero-order valence-electron chi connectivity index (χ0n) is 39.1. The Morgan fingerprint density at radius 3 is 1.29 bits per heavy atom. The Bertz CT molecular complexity index is 2680. The molecular formula is C56H53NO15. The Kier molecular flexibility index (Phi) is 17.6. The van der Waals surface area contributed by atoms with Crippen molar-refractivity contribution in [3.63, 3.8) is 0 Å². The van der Waals surface area contributed by atoms with Crippen molar-refractivity contribution in [1.29, 1.82) is 0 Å². The molecule has 1 amide bonds. The van der Waals surface area contributed by atoms with E-state index in [0.29, 0.717) is 0 Å². The summed E-state index contributed by atoms with van der Waals surface area (Å²) in [7, 11) is 0. The molecule has 0 aromatic heterocycles. The molecule has 2 heterocycles. The van der Waals surface area contributed by atoms with Gasteiger partial charge in [-0.2, -0.15) is 0 Å². The molecule has 0 saturated carbocycles. The van der Waals surface area contributed by atoms with Crippen LogP contribution in [-0.4, -0.2) is 109 Å². The standard InChI is InChI=1S/C56H53NO15/c1-36(58)57-45-48(65-33-38-22-10-3-11-23-38)46(64-32-37-20-8-2-9-21-37)43(68-55(45)63)35-67-56-50(72-54(62)42-30-18-7-19-31-42)49(71-53(61)41-28-16-6-17-29-41)47(70-52(60)40-26-14-5-15-27-40)44(69-56)34-66-51(59)39-24-12-4-13-25-39/h2-31,43-50,55-56,63H,32-35H2,1H3,(H,57,58)/t43-,44-,45-,46-,47-,48-,49+,50-,55+,56-/m1/s1. The summed E-state index contributed by atoms with van der Waals surface area (Å²) >= 11 is 0. The fourth-order valence-corrected chi connectivity index (χ4v) is 8.23.